The number of halogens is 4. The molecule has 0 aromatic heterocycles. The van der Waals surface area contributed by atoms with Gasteiger partial charge < -0.3 is 10.6 Å². The fourth-order valence-corrected chi connectivity index (χ4v) is 4.79. The molecule has 170 valence electrons. The number of hydrogen-bond donors (Lipinski definition) is 2. The molecule has 3 aromatic rings. The van der Waals surface area contributed by atoms with E-state index in [-0.39, 0.29) is 22.4 Å². The van der Waals surface area contributed by atoms with Crippen LogP contribution in [0.25, 0.3) is 0 Å². The lowest BCUT2D eigenvalue weighted by Gasteiger charge is -2.10. The molecular formula is C25H20Cl3FN2O2. The lowest BCUT2D eigenvalue weighted by molar-refractivity contribution is -0.117. The van der Waals surface area contributed by atoms with Gasteiger partial charge >= 0.3 is 0 Å². The van der Waals surface area contributed by atoms with E-state index in [9.17, 15) is 14.0 Å². The molecule has 2 unspecified atom stereocenters. The Labute approximate surface area is 206 Å². The van der Waals surface area contributed by atoms with E-state index in [4.69, 9.17) is 34.8 Å². The Kier molecular flexibility index (Phi) is 6.41. The van der Waals surface area contributed by atoms with E-state index in [2.05, 4.69) is 10.6 Å². The summed E-state index contributed by atoms with van der Waals surface area (Å²) in [5.41, 5.74) is 4.08. The van der Waals surface area contributed by atoms with Gasteiger partial charge in [0.25, 0.3) is 5.91 Å². The van der Waals surface area contributed by atoms with Gasteiger partial charge in [-0.1, -0.05) is 29.8 Å². The second kappa shape index (κ2) is 8.98. The van der Waals surface area contributed by atoms with E-state index in [0.29, 0.717) is 11.4 Å². The molecule has 0 saturated heterocycles. The van der Waals surface area contributed by atoms with Gasteiger partial charge in [0.05, 0.1) is 16.5 Å². The predicted molar refractivity (Wildman–Crippen MR) is 131 cm³/mol. The molecule has 2 amide bonds. The van der Waals surface area contributed by atoms with E-state index in [1.165, 1.54) is 36.4 Å². The van der Waals surface area contributed by atoms with Crippen molar-refractivity contribution in [3.8, 4) is 0 Å². The summed E-state index contributed by atoms with van der Waals surface area (Å²) in [6.07, 6.45) is 0. The predicted octanol–water partition coefficient (Wildman–Crippen LogP) is 6.87. The first-order valence-corrected chi connectivity index (χ1v) is 11.3. The van der Waals surface area contributed by atoms with E-state index < -0.39 is 22.0 Å². The number of carbonyl (C=O) groups is 2. The molecule has 1 aliphatic rings. The summed E-state index contributed by atoms with van der Waals surface area (Å²) < 4.78 is 11.9. The van der Waals surface area contributed by atoms with Gasteiger partial charge in [-0.25, -0.2) is 4.39 Å². The fourth-order valence-electron chi connectivity index (χ4n) is 3.75. The van der Waals surface area contributed by atoms with Crippen LogP contribution in [0.1, 0.15) is 33.0 Å². The molecule has 33 heavy (non-hydrogen) atoms. The van der Waals surface area contributed by atoms with Crippen LogP contribution in [0.4, 0.5) is 15.8 Å². The number of rotatable bonds is 5. The Morgan fingerprint density at radius 3 is 2.21 bits per heavy atom. The van der Waals surface area contributed by atoms with Gasteiger partial charge in [-0.2, -0.15) is 0 Å². The Morgan fingerprint density at radius 1 is 0.879 bits per heavy atom. The maximum atomic E-state index is 13.1. The molecule has 0 radical (unpaired) electrons. The molecule has 8 heteroatoms. The van der Waals surface area contributed by atoms with Crippen LogP contribution in [0.5, 0.6) is 0 Å². The summed E-state index contributed by atoms with van der Waals surface area (Å²) in [6.45, 7) is 4.00. The van der Waals surface area contributed by atoms with Gasteiger partial charge in [-0.05, 0) is 73.0 Å². The molecule has 2 N–H and O–H groups in total. The zero-order valence-corrected chi connectivity index (χ0v) is 20.0. The molecular weight excluding hydrogens is 486 g/mol. The highest BCUT2D eigenvalue weighted by atomic mass is 35.5. The molecule has 4 rings (SSSR count). The molecule has 4 nitrogen and oxygen atoms in total. The third-order valence-electron chi connectivity index (χ3n) is 5.81. The van der Waals surface area contributed by atoms with Crippen LogP contribution in [0.2, 0.25) is 5.02 Å². The van der Waals surface area contributed by atoms with Gasteiger partial charge in [0.2, 0.25) is 5.91 Å². The molecule has 1 fully saturated rings. The summed E-state index contributed by atoms with van der Waals surface area (Å²) in [7, 11) is 0. The summed E-state index contributed by atoms with van der Waals surface area (Å²) in [4.78, 5) is 25.6. The van der Waals surface area contributed by atoms with Crippen LogP contribution in [0, 0.1) is 25.6 Å². The van der Waals surface area contributed by atoms with Crippen molar-refractivity contribution in [2.45, 2.75) is 24.1 Å². The van der Waals surface area contributed by atoms with Gasteiger partial charge in [0.1, 0.15) is 10.2 Å². The first-order chi connectivity index (χ1) is 15.6. The van der Waals surface area contributed by atoms with Gasteiger partial charge in [0, 0.05) is 17.3 Å². The van der Waals surface area contributed by atoms with Crippen molar-refractivity contribution in [3.63, 3.8) is 0 Å². The molecule has 3 aromatic carbocycles. The standard InChI is InChI=1S/C25H20Cl3FN2O2/c1-13-3-4-15(11-14(13)2)21-22(25(21,27)28)24(33)31-18-9-10-20(26)19(12-18)23(32)30-17-7-5-16(29)6-8-17/h3-12,21-22H,1-2H3,(H,30,32)(H,31,33). The van der Waals surface area contributed by atoms with Gasteiger partial charge in [-0.15, -0.1) is 23.2 Å². The molecule has 1 aliphatic carbocycles. The SMILES string of the molecule is Cc1ccc(C2C(C(=O)Nc3ccc(Cl)c(C(=O)Nc4ccc(F)cc4)c3)C2(Cl)Cl)cc1C. The monoisotopic (exact) mass is 504 g/mol. The molecule has 0 heterocycles. The molecule has 0 spiro atoms. The summed E-state index contributed by atoms with van der Waals surface area (Å²) in [5.74, 6) is -2.24. The number of hydrogen-bond acceptors (Lipinski definition) is 2. The topological polar surface area (TPSA) is 58.2 Å². The fraction of sp³-hybridized carbons (Fsp3) is 0.200. The number of benzene rings is 3. The zero-order valence-electron chi connectivity index (χ0n) is 17.8. The number of anilines is 2. The third kappa shape index (κ3) is 4.86. The first kappa shape index (κ1) is 23.6. The van der Waals surface area contributed by atoms with Crippen LogP contribution in [-0.4, -0.2) is 16.1 Å². The minimum Gasteiger partial charge on any atom is -0.326 e. The Morgan fingerprint density at radius 2 is 1.55 bits per heavy atom. The Balaban J connectivity index is 1.50. The second-order valence-corrected chi connectivity index (χ2v) is 9.97. The molecule has 0 bridgehead atoms. The van der Waals surface area contributed by atoms with Gasteiger partial charge in [0.15, 0.2) is 0 Å². The average Bonchev–Trinajstić information content (AvgIpc) is 3.35. The lowest BCUT2D eigenvalue weighted by Crippen LogP contribution is -2.18. The van der Waals surface area contributed by atoms with Crippen molar-refractivity contribution in [1.29, 1.82) is 0 Å². The Bertz CT molecular complexity index is 1240. The smallest absolute Gasteiger partial charge is 0.257 e. The maximum absolute atomic E-state index is 13.1. The van der Waals surface area contributed by atoms with Crippen LogP contribution in [0.3, 0.4) is 0 Å². The van der Waals surface area contributed by atoms with Crippen LogP contribution < -0.4 is 10.6 Å². The largest absolute Gasteiger partial charge is 0.326 e. The van der Waals surface area contributed by atoms with Crippen LogP contribution >= 0.6 is 34.8 Å². The summed E-state index contributed by atoms with van der Waals surface area (Å²) >= 11 is 19.1. The highest BCUT2D eigenvalue weighted by Crippen LogP contribution is 2.65. The highest BCUT2D eigenvalue weighted by molar-refractivity contribution is 6.53. The van der Waals surface area contributed by atoms with E-state index in [0.717, 1.165) is 16.7 Å². The van der Waals surface area contributed by atoms with Crippen molar-refractivity contribution in [3.05, 3.63) is 93.8 Å². The second-order valence-electron chi connectivity index (χ2n) is 8.12. The number of amides is 2. The minimum absolute atomic E-state index is 0.156. The number of aryl methyl sites for hydroxylation is 2. The van der Waals surface area contributed by atoms with Crippen molar-refractivity contribution in [1.82, 2.24) is 0 Å². The van der Waals surface area contributed by atoms with Crippen LogP contribution in [-0.2, 0) is 4.79 Å². The zero-order chi connectivity index (χ0) is 23.9. The Hall–Kier alpha value is -2.60. The first-order valence-electron chi connectivity index (χ1n) is 10.2. The van der Waals surface area contributed by atoms with Gasteiger partial charge in [-0.3, -0.25) is 9.59 Å². The van der Waals surface area contributed by atoms with Crippen molar-refractivity contribution in [2.24, 2.45) is 5.92 Å². The number of carbonyl (C=O) groups excluding carboxylic acids is 2. The minimum atomic E-state index is -1.22. The maximum Gasteiger partial charge on any atom is 0.257 e. The third-order valence-corrected chi connectivity index (χ3v) is 7.08. The molecule has 0 aliphatic heterocycles. The summed E-state index contributed by atoms with van der Waals surface area (Å²) in [6, 6.07) is 15.8. The summed E-state index contributed by atoms with van der Waals surface area (Å²) in [5, 5.41) is 5.64. The number of nitrogens with one attached hydrogen (secondary N) is 2. The normalized spacial score (nSPS) is 18.5. The van der Waals surface area contributed by atoms with Crippen molar-refractivity contribution >= 4 is 58.0 Å². The van der Waals surface area contributed by atoms with Crippen molar-refractivity contribution < 1.29 is 14.0 Å². The average molecular weight is 506 g/mol. The molecule has 1 saturated carbocycles. The van der Waals surface area contributed by atoms with Crippen LogP contribution in [0.15, 0.2) is 60.7 Å². The molecule has 2 atom stereocenters. The number of alkyl halides is 2. The van der Waals surface area contributed by atoms with E-state index in [1.54, 1.807) is 6.07 Å². The lowest BCUT2D eigenvalue weighted by atomic mass is 10.0. The van der Waals surface area contributed by atoms with E-state index >= 15 is 0 Å². The van der Waals surface area contributed by atoms with Crippen molar-refractivity contribution in [2.75, 3.05) is 10.6 Å². The quantitative estimate of drug-likeness (QED) is 0.372. The van der Waals surface area contributed by atoms with E-state index in [1.807, 2.05) is 32.0 Å². The highest BCUT2D eigenvalue weighted by Gasteiger charge is 2.67.